The molecule has 3 N–H and O–H groups in total. The summed E-state index contributed by atoms with van der Waals surface area (Å²) in [6.07, 6.45) is 3.71. The van der Waals surface area contributed by atoms with Gasteiger partial charge in [-0.25, -0.2) is 15.0 Å². The summed E-state index contributed by atoms with van der Waals surface area (Å²) < 4.78 is 5.53. The molecule has 0 aliphatic heterocycles. The Morgan fingerprint density at radius 1 is 1.22 bits per heavy atom. The molecule has 0 radical (unpaired) electrons. The lowest BCUT2D eigenvalue weighted by atomic mass is 10.1. The first-order chi connectivity index (χ1) is 11.1. The number of hydrogen-bond donors (Lipinski definition) is 2. The smallest absolute Gasteiger partial charge is 0.226 e. The highest BCUT2D eigenvalue weighted by Crippen LogP contribution is 2.23. The summed E-state index contributed by atoms with van der Waals surface area (Å²) in [6, 6.07) is 8.05. The first kappa shape index (κ1) is 15.3. The van der Waals surface area contributed by atoms with Gasteiger partial charge in [-0.2, -0.15) is 0 Å². The van der Waals surface area contributed by atoms with Crippen LogP contribution in [-0.4, -0.2) is 21.5 Å². The summed E-state index contributed by atoms with van der Waals surface area (Å²) in [5, 5.41) is 3.44. The lowest BCUT2D eigenvalue weighted by molar-refractivity contribution is 0.572. The van der Waals surface area contributed by atoms with Gasteiger partial charge in [0.1, 0.15) is 29.2 Å². The molecule has 0 unspecified atom stereocenters. The van der Waals surface area contributed by atoms with E-state index < -0.39 is 0 Å². The lowest BCUT2D eigenvalue weighted by Gasteiger charge is -2.06. The van der Waals surface area contributed by atoms with Gasteiger partial charge in [-0.1, -0.05) is 29.3 Å². The van der Waals surface area contributed by atoms with Crippen molar-refractivity contribution in [1.29, 1.82) is 0 Å². The molecule has 0 fully saturated rings. The second-order valence-corrected chi connectivity index (χ2v) is 5.49. The number of nitrogens with two attached hydrogens (primary N) is 1. The standard InChI is InChI=1S/C16H16ClN5O/c1-10-2-4-11(5-3-10)16-22-12(8-23-16)6-7-19-15-13(17)14(18)20-9-21-15/h2-5,8-9H,6-7H2,1H3,(H3,18,19,20,21). The van der Waals surface area contributed by atoms with Gasteiger partial charge < -0.3 is 15.5 Å². The first-order valence-corrected chi connectivity index (χ1v) is 7.52. The average Bonchev–Trinajstić information content (AvgIpc) is 3.01. The van der Waals surface area contributed by atoms with Crippen LogP contribution in [0, 0.1) is 6.92 Å². The van der Waals surface area contributed by atoms with E-state index in [2.05, 4.69) is 20.3 Å². The number of nitrogens with one attached hydrogen (secondary N) is 1. The summed E-state index contributed by atoms with van der Waals surface area (Å²) in [5.41, 5.74) is 8.64. The maximum Gasteiger partial charge on any atom is 0.226 e. The zero-order valence-electron chi connectivity index (χ0n) is 12.6. The van der Waals surface area contributed by atoms with Gasteiger partial charge in [0.05, 0.1) is 5.69 Å². The Balaban J connectivity index is 1.61. The Kier molecular flexibility index (Phi) is 4.43. The number of nitrogen functional groups attached to an aromatic ring is 1. The summed E-state index contributed by atoms with van der Waals surface area (Å²) in [4.78, 5) is 12.4. The molecular formula is C16H16ClN5O. The Bertz CT molecular complexity index is 800. The quantitative estimate of drug-likeness (QED) is 0.746. The molecule has 0 atom stereocenters. The van der Waals surface area contributed by atoms with E-state index in [0.29, 0.717) is 29.7 Å². The van der Waals surface area contributed by atoms with Crippen molar-refractivity contribution in [1.82, 2.24) is 15.0 Å². The third-order valence-electron chi connectivity index (χ3n) is 3.34. The van der Waals surface area contributed by atoms with E-state index in [4.69, 9.17) is 21.8 Å². The van der Waals surface area contributed by atoms with Crippen LogP contribution in [0.2, 0.25) is 5.02 Å². The van der Waals surface area contributed by atoms with Crippen molar-refractivity contribution >= 4 is 23.2 Å². The molecule has 2 aromatic heterocycles. The molecule has 0 spiro atoms. The van der Waals surface area contributed by atoms with E-state index in [1.807, 2.05) is 31.2 Å². The van der Waals surface area contributed by atoms with Crippen LogP contribution in [-0.2, 0) is 6.42 Å². The van der Waals surface area contributed by atoms with Crippen molar-refractivity contribution in [3.8, 4) is 11.5 Å². The van der Waals surface area contributed by atoms with Crippen LogP contribution in [0.3, 0.4) is 0 Å². The third-order valence-corrected chi connectivity index (χ3v) is 3.71. The van der Waals surface area contributed by atoms with Gasteiger partial charge >= 0.3 is 0 Å². The molecule has 0 aliphatic carbocycles. The van der Waals surface area contributed by atoms with Crippen LogP contribution in [0.5, 0.6) is 0 Å². The number of rotatable bonds is 5. The van der Waals surface area contributed by atoms with Crippen LogP contribution in [0.1, 0.15) is 11.3 Å². The van der Waals surface area contributed by atoms with Gasteiger partial charge in [-0.15, -0.1) is 0 Å². The van der Waals surface area contributed by atoms with Crippen molar-refractivity contribution in [2.75, 3.05) is 17.6 Å². The second-order valence-electron chi connectivity index (χ2n) is 5.11. The van der Waals surface area contributed by atoms with Crippen molar-refractivity contribution in [3.63, 3.8) is 0 Å². The Labute approximate surface area is 138 Å². The number of nitrogens with zero attached hydrogens (tertiary/aromatic N) is 3. The van der Waals surface area contributed by atoms with E-state index in [1.165, 1.54) is 11.9 Å². The molecule has 118 valence electrons. The molecule has 0 aliphatic rings. The predicted octanol–water partition coefficient (Wildman–Crippen LogP) is 3.33. The van der Waals surface area contributed by atoms with Crippen LogP contribution < -0.4 is 11.1 Å². The van der Waals surface area contributed by atoms with E-state index >= 15 is 0 Å². The molecule has 23 heavy (non-hydrogen) atoms. The van der Waals surface area contributed by atoms with Crippen LogP contribution in [0.15, 0.2) is 41.3 Å². The molecular weight excluding hydrogens is 314 g/mol. The minimum atomic E-state index is 0.257. The van der Waals surface area contributed by atoms with Gasteiger partial charge in [0.2, 0.25) is 5.89 Å². The summed E-state index contributed by atoms with van der Waals surface area (Å²) in [6.45, 7) is 2.65. The number of benzene rings is 1. The maximum absolute atomic E-state index is 6.03. The number of aromatic nitrogens is 3. The van der Waals surface area contributed by atoms with Gasteiger partial charge in [0.25, 0.3) is 0 Å². The molecule has 0 saturated heterocycles. The highest BCUT2D eigenvalue weighted by atomic mass is 35.5. The molecule has 0 bridgehead atoms. The molecule has 1 aromatic carbocycles. The zero-order chi connectivity index (χ0) is 16.2. The van der Waals surface area contributed by atoms with E-state index in [0.717, 1.165) is 11.3 Å². The van der Waals surface area contributed by atoms with E-state index in [9.17, 15) is 0 Å². The van der Waals surface area contributed by atoms with Gasteiger partial charge in [0.15, 0.2) is 0 Å². The largest absolute Gasteiger partial charge is 0.444 e. The van der Waals surface area contributed by atoms with Crippen LogP contribution in [0.25, 0.3) is 11.5 Å². The predicted molar refractivity (Wildman–Crippen MR) is 90.3 cm³/mol. The van der Waals surface area contributed by atoms with Crippen LogP contribution in [0.4, 0.5) is 11.6 Å². The number of halogens is 1. The van der Waals surface area contributed by atoms with Gasteiger partial charge in [0, 0.05) is 18.5 Å². The average molecular weight is 330 g/mol. The van der Waals surface area contributed by atoms with Crippen molar-refractivity contribution < 1.29 is 4.42 Å². The highest BCUT2D eigenvalue weighted by molar-refractivity contribution is 6.35. The number of aryl methyl sites for hydroxylation is 1. The second kappa shape index (κ2) is 6.66. The molecule has 0 amide bonds. The minimum Gasteiger partial charge on any atom is -0.444 e. The van der Waals surface area contributed by atoms with E-state index in [-0.39, 0.29) is 5.82 Å². The number of hydrogen-bond acceptors (Lipinski definition) is 6. The maximum atomic E-state index is 6.03. The third kappa shape index (κ3) is 3.60. The lowest BCUT2D eigenvalue weighted by Crippen LogP contribution is -2.08. The SMILES string of the molecule is Cc1ccc(-c2nc(CCNc3ncnc(N)c3Cl)co2)cc1. The molecule has 0 saturated carbocycles. The summed E-state index contributed by atoms with van der Waals surface area (Å²) >= 11 is 6.03. The fraction of sp³-hybridized carbons (Fsp3) is 0.188. The Morgan fingerprint density at radius 2 is 2.00 bits per heavy atom. The topological polar surface area (TPSA) is 89.9 Å². The fourth-order valence-electron chi connectivity index (χ4n) is 2.07. The minimum absolute atomic E-state index is 0.257. The molecule has 3 rings (SSSR count). The Morgan fingerprint density at radius 3 is 2.78 bits per heavy atom. The van der Waals surface area contributed by atoms with Crippen molar-refractivity contribution in [2.45, 2.75) is 13.3 Å². The zero-order valence-corrected chi connectivity index (χ0v) is 13.3. The van der Waals surface area contributed by atoms with Crippen molar-refractivity contribution in [2.24, 2.45) is 0 Å². The first-order valence-electron chi connectivity index (χ1n) is 7.15. The molecule has 2 heterocycles. The number of oxazole rings is 1. The van der Waals surface area contributed by atoms with Gasteiger partial charge in [-0.3, -0.25) is 0 Å². The monoisotopic (exact) mass is 329 g/mol. The van der Waals surface area contributed by atoms with Crippen molar-refractivity contribution in [3.05, 3.63) is 53.1 Å². The summed E-state index contributed by atoms with van der Waals surface area (Å²) in [7, 11) is 0. The Hall–Kier alpha value is -2.60. The van der Waals surface area contributed by atoms with Crippen LogP contribution >= 0.6 is 11.6 Å². The molecule has 7 heteroatoms. The fourth-order valence-corrected chi connectivity index (χ4v) is 2.23. The normalized spacial score (nSPS) is 10.7. The van der Waals surface area contributed by atoms with Gasteiger partial charge in [-0.05, 0) is 19.1 Å². The molecule has 3 aromatic rings. The summed E-state index contributed by atoms with van der Waals surface area (Å²) in [5.74, 6) is 1.39. The molecule has 6 nitrogen and oxygen atoms in total. The van der Waals surface area contributed by atoms with E-state index in [1.54, 1.807) is 6.26 Å². The highest BCUT2D eigenvalue weighted by Gasteiger charge is 2.08. The number of anilines is 2.